The molecule has 0 N–H and O–H groups in total. The number of fused-ring (bicyclic) bond motifs is 7. The lowest BCUT2D eigenvalue weighted by atomic mass is 10.1. The van der Waals surface area contributed by atoms with Crippen LogP contribution in [0.15, 0.2) is 140 Å². The molecule has 0 saturated heterocycles. The molecule has 0 aliphatic carbocycles. The van der Waals surface area contributed by atoms with Crippen molar-refractivity contribution in [3.05, 3.63) is 145 Å². The van der Waals surface area contributed by atoms with Gasteiger partial charge < -0.3 is 4.57 Å². The molecule has 3 heterocycles. The maximum Gasteiger partial charge on any atom is 0.165 e. The molecule has 9 rings (SSSR count). The smallest absolute Gasteiger partial charge is 0.165 e. The van der Waals surface area contributed by atoms with E-state index in [4.69, 9.17) is 15.0 Å². The first-order chi connectivity index (χ1) is 22.8. The highest BCUT2D eigenvalue weighted by atomic mass is 32.1. The van der Waals surface area contributed by atoms with Crippen LogP contribution in [0.5, 0.6) is 0 Å². The molecule has 5 nitrogen and oxygen atoms in total. The second-order valence-corrected chi connectivity index (χ2v) is 12.2. The first kappa shape index (κ1) is 26.3. The van der Waals surface area contributed by atoms with Gasteiger partial charge in [-0.1, -0.05) is 103 Å². The van der Waals surface area contributed by atoms with Crippen molar-refractivity contribution in [2.45, 2.75) is 0 Å². The van der Waals surface area contributed by atoms with Gasteiger partial charge in [0.15, 0.2) is 17.5 Å². The molecule has 0 radical (unpaired) electrons. The van der Waals surface area contributed by atoms with Gasteiger partial charge in [-0.2, -0.15) is 5.26 Å². The van der Waals surface area contributed by atoms with Crippen molar-refractivity contribution in [2.24, 2.45) is 0 Å². The summed E-state index contributed by atoms with van der Waals surface area (Å²) >= 11 is 1.83. The van der Waals surface area contributed by atoms with Crippen LogP contribution < -0.4 is 0 Å². The number of hydrogen-bond acceptors (Lipinski definition) is 5. The Bertz CT molecular complexity index is 2590. The SMILES string of the molecule is N#Cc1cc(-n2c3ccccc3c3c4sc5ccccc5c4ccc32)ccc1-c1nc(-c2ccccc2)nc(-c2ccccc2)n1. The summed E-state index contributed by atoms with van der Waals surface area (Å²) in [6.07, 6.45) is 0. The molecular weight excluding hydrogens is 583 g/mol. The highest BCUT2D eigenvalue weighted by Gasteiger charge is 2.20. The Morgan fingerprint density at radius 1 is 0.543 bits per heavy atom. The fourth-order valence-corrected chi connectivity index (χ4v) is 7.66. The Kier molecular flexibility index (Phi) is 5.98. The molecule has 0 unspecified atom stereocenters. The lowest BCUT2D eigenvalue weighted by Crippen LogP contribution is -2.02. The van der Waals surface area contributed by atoms with Gasteiger partial charge in [0, 0.05) is 53.3 Å². The van der Waals surface area contributed by atoms with Gasteiger partial charge in [-0.15, -0.1) is 11.3 Å². The second kappa shape index (κ2) is 10.5. The summed E-state index contributed by atoms with van der Waals surface area (Å²) in [6.45, 7) is 0. The number of nitrogens with zero attached hydrogens (tertiary/aromatic N) is 5. The molecule has 6 heteroatoms. The number of thiophene rings is 1. The van der Waals surface area contributed by atoms with Crippen molar-refractivity contribution in [3.8, 4) is 45.9 Å². The largest absolute Gasteiger partial charge is 0.309 e. The van der Waals surface area contributed by atoms with Crippen molar-refractivity contribution in [3.63, 3.8) is 0 Å². The minimum Gasteiger partial charge on any atom is -0.309 e. The fraction of sp³-hybridized carbons (Fsp3) is 0. The molecule has 0 atom stereocenters. The third-order valence-electron chi connectivity index (χ3n) is 8.50. The van der Waals surface area contributed by atoms with Gasteiger partial charge in [-0.25, -0.2) is 15.0 Å². The highest BCUT2D eigenvalue weighted by Crippen LogP contribution is 2.43. The van der Waals surface area contributed by atoms with E-state index in [1.54, 1.807) is 0 Å². The van der Waals surface area contributed by atoms with Crippen LogP contribution in [0.25, 0.3) is 81.8 Å². The minimum absolute atomic E-state index is 0.463. The maximum atomic E-state index is 10.5. The van der Waals surface area contributed by atoms with Crippen LogP contribution in [0.1, 0.15) is 5.56 Å². The van der Waals surface area contributed by atoms with Gasteiger partial charge in [0.2, 0.25) is 0 Å². The number of hydrogen-bond donors (Lipinski definition) is 0. The fourth-order valence-electron chi connectivity index (χ4n) is 6.40. The van der Waals surface area contributed by atoms with Crippen LogP contribution in [-0.2, 0) is 0 Å². The predicted molar refractivity (Wildman–Crippen MR) is 188 cm³/mol. The summed E-state index contributed by atoms with van der Waals surface area (Å²) in [5.41, 5.74) is 6.04. The maximum absolute atomic E-state index is 10.5. The first-order valence-electron chi connectivity index (χ1n) is 15.0. The second-order valence-electron chi connectivity index (χ2n) is 11.2. The van der Waals surface area contributed by atoms with Crippen molar-refractivity contribution < 1.29 is 0 Å². The molecule has 0 bridgehead atoms. The van der Waals surface area contributed by atoms with Crippen LogP contribution in [0.4, 0.5) is 0 Å². The molecule has 0 aliphatic rings. The molecule has 214 valence electrons. The van der Waals surface area contributed by atoms with E-state index >= 15 is 0 Å². The van der Waals surface area contributed by atoms with Crippen LogP contribution in [-0.4, -0.2) is 19.5 Å². The quantitative estimate of drug-likeness (QED) is 0.200. The molecule has 0 fully saturated rings. The Hall–Kier alpha value is -6.16. The molecule has 0 aliphatic heterocycles. The average Bonchev–Trinajstić information content (AvgIpc) is 3.68. The summed E-state index contributed by atoms with van der Waals surface area (Å²) in [6, 6.07) is 49.7. The van der Waals surface area contributed by atoms with E-state index in [2.05, 4.69) is 77.4 Å². The highest BCUT2D eigenvalue weighted by molar-refractivity contribution is 7.26. The van der Waals surface area contributed by atoms with Gasteiger partial charge >= 0.3 is 0 Å². The first-order valence-corrected chi connectivity index (χ1v) is 15.8. The third-order valence-corrected chi connectivity index (χ3v) is 9.71. The topological polar surface area (TPSA) is 67.4 Å². The molecule has 3 aromatic heterocycles. The summed E-state index contributed by atoms with van der Waals surface area (Å²) < 4.78 is 4.81. The lowest BCUT2D eigenvalue weighted by molar-refractivity contribution is 1.07. The molecule has 46 heavy (non-hydrogen) atoms. The van der Waals surface area contributed by atoms with Crippen molar-refractivity contribution >= 4 is 53.3 Å². The van der Waals surface area contributed by atoms with Crippen molar-refractivity contribution in [2.75, 3.05) is 0 Å². The van der Waals surface area contributed by atoms with E-state index in [-0.39, 0.29) is 0 Å². The third kappa shape index (κ3) is 4.11. The zero-order valence-electron chi connectivity index (χ0n) is 24.4. The summed E-state index contributed by atoms with van der Waals surface area (Å²) in [5.74, 6) is 1.59. The van der Waals surface area contributed by atoms with E-state index < -0.39 is 0 Å². The molecular formula is C40H23N5S. The Morgan fingerprint density at radius 2 is 1.17 bits per heavy atom. The van der Waals surface area contributed by atoms with Crippen LogP contribution in [0.3, 0.4) is 0 Å². The summed E-state index contributed by atoms with van der Waals surface area (Å²) in [7, 11) is 0. The lowest BCUT2D eigenvalue weighted by Gasteiger charge is -2.12. The standard InChI is InChI=1S/C40H23N5S/c41-24-27-23-28(19-20-29(27)40-43-38(25-11-3-1-4-12-25)42-39(44-40)26-13-5-2-6-14-26)45-33-17-9-7-16-32(33)36-34(45)22-21-31-30-15-8-10-18-35(30)46-37(31)36/h1-23H. The number of benzene rings is 6. The Morgan fingerprint density at radius 3 is 1.89 bits per heavy atom. The van der Waals surface area contributed by atoms with Gasteiger partial charge in [0.05, 0.1) is 22.7 Å². The monoisotopic (exact) mass is 605 g/mol. The summed E-state index contributed by atoms with van der Waals surface area (Å²) in [5, 5.41) is 15.5. The van der Waals surface area contributed by atoms with Gasteiger partial charge in [-0.05, 0) is 36.4 Å². The van der Waals surface area contributed by atoms with Crippen LogP contribution in [0, 0.1) is 11.3 Å². The number of para-hydroxylation sites is 1. The average molecular weight is 606 g/mol. The van der Waals surface area contributed by atoms with E-state index in [1.165, 1.54) is 30.9 Å². The number of rotatable bonds is 4. The molecule has 6 aromatic carbocycles. The molecule has 0 amide bonds. The van der Waals surface area contributed by atoms with Gasteiger partial charge in [0.25, 0.3) is 0 Å². The van der Waals surface area contributed by atoms with Crippen molar-refractivity contribution in [1.29, 1.82) is 5.26 Å². The number of nitriles is 1. The zero-order valence-corrected chi connectivity index (χ0v) is 25.2. The van der Waals surface area contributed by atoms with E-state index in [0.717, 1.165) is 27.8 Å². The van der Waals surface area contributed by atoms with E-state index in [9.17, 15) is 5.26 Å². The van der Waals surface area contributed by atoms with Gasteiger partial charge in [0.1, 0.15) is 0 Å². The summed E-state index contributed by atoms with van der Waals surface area (Å²) in [4.78, 5) is 14.6. The van der Waals surface area contributed by atoms with Gasteiger partial charge in [-0.3, -0.25) is 0 Å². The van der Waals surface area contributed by atoms with Crippen LogP contribution in [0.2, 0.25) is 0 Å². The molecule has 0 saturated carbocycles. The molecule has 9 aromatic rings. The predicted octanol–water partition coefficient (Wildman–Crippen LogP) is 10.2. The molecule has 0 spiro atoms. The minimum atomic E-state index is 0.463. The Labute approximate surface area is 268 Å². The Balaban J connectivity index is 1.26. The van der Waals surface area contributed by atoms with E-state index in [1.807, 2.05) is 84.1 Å². The normalized spacial score (nSPS) is 11.5. The van der Waals surface area contributed by atoms with Crippen LogP contribution >= 0.6 is 11.3 Å². The van der Waals surface area contributed by atoms with Crippen molar-refractivity contribution in [1.82, 2.24) is 19.5 Å². The van der Waals surface area contributed by atoms with E-state index in [0.29, 0.717) is 28.6 Å². The number of aromatic nitrogens is 4. The zero-order chi connectivity index (χ0) is 30.6.